The Morgan fingerprint density at radius 3 is 2.26 bits per heavy atom. The number of alkyl halides is 3. The van der Waals surface area contributed by atoms with E-state index in [0.29, 0.717) is 34.2 Å². The highest BCUT2D eigenvalue weighted by Gasteiger charge is 2.31. The zero-order chi connectivity index (χ0) is 22.0. The van der Waals surface area contributed by atoms with Gasteiger partial charge in [-0.25, -0.2) is 15.0 Å². The minimum Gasteiger partial charge on any atom is -0.208 e. The van der Waals surface area contributed by atoms with Crippen molar-refractivity contribution in [3.05, 3.63) is 89.7 Å². The molecular formula is C24H15F3N3P. The Bertz CT molecular complexity index is 1250. The van der Waals surface area contributed by atoms with Gasteiger partial charge in [-0.15, -0.1) is 8.86 Å². The van der Waals surface area contributed by atoms with Crippen molar-refractivity contribution >= 4 is 14.7 Å². The van der Waals surface area contributed by atoms with Crippen LogP contribution in [0.3, 0.4) is 0 Å². The van der Waals surface area contributed by atoms with Gasteiger partial charge in [0, 0.05) is 16.9 Å². The van der Waals surface area contributed by atoms with Gasteiger partial charge >= 0.3 is 6.18 Å². The molecule has 0 saturated heterocycles. The first kappa shape index (κ1) is 20.7. The normalized spacial score (nSPS) is 11.1. The summed E-state index contributed by atoms with van der Waals surface area (Å²) < 4.78 is 39.4. The molecule has 0 atom stereocenters. The summed E-state index contributed by atoms with van der Waals surface area (Å²) in [6.07, 6.45) is -4.49. The zero-order valence-corrected chi connectivity index (χ0v) is 17.3. The summed E-state index contributed by atoms with van der Waals surface area (Å²) in [4.78, 5) is 13.5. The van der Waals surface area contributed by atoms with Crippen molar-refractivity contribution in [2.75, 3.05) is 0 Å². The molecule has 3 nitrogen and oxygen atoms in total. The summed E-state index contributed by atoms with van der Waals surface area (Å²) in [6.45, 7) is 1.84. The van der Waals surface area contributed by atoms with Crippen molar-refractivity contribution in [2.24, 2.45) is 0 Å². The van der Waals surface area contributed by atoms with Crippen LogP contribution in [0.5, 0.6) is 0 Å². The van der Waals surface area contributed by atoms with Crippen molar-refractivity contribution in [1.82, 2.24) is 15.0 Å². The van der Waals surface area contributed by atoms with E-state index in [2.05, 4.69) is 35.9 Å². The van der Waals surface area contributed by atoms with Crippen LogP contribution in [-0.2, 0) is 6.18 Å². The molecule has 3 aromatic carbocycles. The molecule has 152 valence electrons. The topological polar surface area (TPSA) is 38.7 Å². The van der Waals surface area contributed by atoms with Gasteiger partial charge in [0.1, 0.15) is 5.56 Å². The number of hydrogen-bond donors (Lipinski definition) is 0. The third kappa shape index (κ3) is 4.47. The minimum atomic E-state index is -4.49. The molecular weight excluding hydrogens is 418 g/mol. The van der Waals surface area contributed by atoms with Crippen LogP contribution >= 0.6 is 8.86 Å². The number of hydrogen-bond acceptors (Lipinski definition) is 3. The highest BCUT2D eigenvalue weighted by molar-refractivity contribution is 7.19. The van der Waals surface area contributed by atoms with E-state index in [9.17, 15) is 13.2 Å². The van der Waals surface area contributed by atoms with Crippen LogP contribution in [0.2, 0.25) is 0 Å². The zero-order valence-electron chi connectivity index (χ0n) is 16.3. The van der Waals surface area contributed by atoms with Gasteiger partial charge in [0.15, 0.2) is 17.5 Å². The van der Waals surface area contributed by atoms with Crippen LogP contribution < -0.4 is 0 Å². The molecule has 0 unspecified atom stereocenters. The third-order valence-electron chi connectivity index (χ3n) is 4.66. The lowest BCUT2D eigenvalue weighted by Crippen LogP contribution is -2.04. The maximum atomic E-state index is 13.1. The summed E-state index contributed by atoms with van der Waals surface area (Å²) in [5.74, 6) is 2.94. The number of nitrogens with zero attached hydrogens (tertiary/aromatic N) is 3. The smallest absolute Gasteiger partial charge is 0.208 e. The second-order valence-electron chi connectivity index (χ2n) is 6.81. The molecule has 0 aliphatic heterocycles. The average molecular weight is 433 g/mol. The molecule has 0 amide bonds. The lowest BCUT2D eigenvalue weighted by atomic mass is 9.97. The van der Waals surface area contributed by atoms with Crippen LogP contribution in [0.15, 0.2) is 60.7 Å². The Kier molecular flexibility index (Phi) is 5.54. The molecule has 4 rings (SSSR count). The van der Waals surface area contributed by atoms with Gasteiger partial charge in [-0.05, 0) is 41.8 Å². The largest absolute Gasteiger partial charge is 0.424 e. The summed E-state index contributed by atoms with van der Waals surface area (Å²) in [5.41, 5.74) is 2.49. The molecule has 0 aliphatic carbocycles. The van der Waals surface area contributed by atoms with Crippen molar-refractivity contribution in [3.8, 4) is 33.9 Å². The monoisotopic (exact) mass is 433 g/mol. The van der Waals surface area contributed by atoms with Gasteiger partial charge in [-0.3, -0.25) is 0 Å². The third-order valence-corrected chi connectivity index (χ3v) is 4.92. The molecule has 0 fully saturated rings. The molecule has 1 aromatic heterocycles. The van der Waals surface area contributed by atoms with E-state index < -0.39 is 11.7 Å². The van der Waals surface area contributed by atoms with Crippen molar-refractivity contribution < 1.29 is 13.2 Å². The van der Waals surface area contributed by atoms with Gasteiger partial charge in [-0.2, -0.15) is 13.2 Å². The Hall–Kier alpha value is -3.55. The van der Waals surface area contributed by atoms with Crippen molar-refractivity contribution in [2.45, 2.75) is 13.1 Å². The van der Waals surface area contributed by atoms with Gasteiger partial charge in [-0.1, -0.05) is 54.6 Å². The lowest BCUT2D eigenvalue weighted by Gasteiger charge is -2.11. The lowest BCUT2D eigenvalue weighted by molar-refractivity contribution is -0.137. The fourth-order valence-corrected chi connectivity index (χ4v) is 3.24. The summed E-state index contributed by atoms with van der Waals surface area (Å²) in [5, 5.41) is 0. The quantitative estimate of drug-likeness (QED) is 0.366. The fourth-order valence-electron chi connectivity index (χ4n) is 3.11. The van der Waals surface area contributed by atoms with E-state index in [0.717, 1.165) is 17.2 Å². The first-order valence-electron chi connectivity index (χ1n) is 9.29. The van der Waals surface area contributed by atoms with Gasteiger partial charge in [0.2, 0.25) is 0 Å². The molecule has 1 heterocycles. The summed E-state index contributed by atoms with van der Waals surface area (Å²) in [6, 6.07) is 22.1. The van der Waals surface area contributed by atoms with E-state index in [-0.39, 0.29) is 0 Å². The number of aryl methyl sites for hydroxylation is 1. The molecule has 7 heteroatoms. The highest BCUT2D eigenvalue weighted by atomic mass is 31.0. The van der Waals surface area contributed by atoms with E-state index in [4.69, 9.17) is 0 Å². The van der Waals surface area contributed by atoms with Crippen molar-refractivity contribution in [1.29, 1.82) is 0 Å². The molecule has 4 aromatic rings. The van der Waals surface area contributed by atoms with Gasteiger partial charge in [0.25, 0.3) is 0 Å². The summed E-state index contributed by atoms with van der Waals surface area (Å²) >= 11 is 0. The number of rotatable bonds is 4. The van der Waals surface area contributed by atoms with Gasteiger partial charge < -0.3 is 0 Å². The van der Waals surface area contributed by atoms with Crippen LogP contribution in [0.4, 0.5) is 13.2 Å². The predicted octanol–water partition coefficient (Wildman–Crippen LogP) is 6.09. The minimum absolute atomic E-state index is 0.398. The van der Waals surface area contributed by atoms with Crippen LogP contribution in [0.1, 0.15) is 17.0 Å². The molecule has 0 saturated carbocycles. The van der Waals surface area contributed by atoms with Crippen LogP contribution in [0, 0.1) is 19.1 Å². The van der Waals surface area contributed by atoms with E-state index >= 15 is 0 Å². The van der Waals surface area contributed by atoms with Gasteiger partial charge in [0.05, 0.1) is 0 Å². The van der Waals surface area contributed by atoms with E-state index in [1.54, 1.807) is 11.9 Å². The van der Waals surface area contributed by atoms with E-state index in [1.807, 2.05) is 49.4 Å². The Morgan fingerprint density at radius 2 is 1.58 bits per heavy atom. The molecule has 0 aliphatic rings. The molecule has 0 radical (unpaired) electrons. The maximum Gasteiger partial charge on any atom is 0.424 e. The van der Waals surface area contributed by atoms with Crippen LogP contribution in [0.25, 0.3) is 33.9 Å². The molecule has 0 N–H and O–H groups in total. The molecule has 0 bridgehead atoms. The Morgan fingerprint density at radius 1 is 0.871 bits per heavy atom. The maximum absolute atomic E-state index is 13.1. The second kappa shape index (κ2) is 8.29. The second-order valence-corrected chi connectivity index (χ2v) is 7.09. The Balaban J connectivity index is 1.83. The standard InChI is InChI=1S/C24H15F3N3P/c1-15-10-11-18(13-20(15)17-8-5-9-19(12-17)24(25,26)27)23-29-21(14-31)28-22(30-23)16-6-3-2-4-7-16/h2-4,6-8,10-14,31H,1H3. The van der Waals surface area contributed by atoms with E-state index in [1.165, 1.54) is 6.07 Å². The van der Waals surface area contributed by atoms with Crippen LogP contribution in [-0.4, -0.2) is 20.7 Å². The number of aromatic nitrogens is 3. The molecule has 0 spiro atoms. The SMILES string of the molecule is Cc1ccc(-c2nc(C=P)nc(-c3ccccc3)n2)cc1-c1cc#cc(C(F)(F)F)c1. The Labute approximate surface area is 179 Å². The predicted molar refractivity (Wildman–Crippen MR) is 117 cm³/mol. The molecule has 31 heavy (non-hydrogen) atoms. The first-order chi connectivity index (χ1) is 14.8. The fraction of sp³-hybridized carbons (Fsp3) is 0.0833. The summed E-state index contributed by atoms with van der Waals surface area (Å²) in [7, 11) is 3.32. The average Bonchev–Trinajstić information content (AvgIpc) is 2.79. The first-order valence-corrected chi connectivity index (χ1v) is 9.87. The van der Waals surface area contributed by atoms with Crippen molar-refractivity contribution in [3.63, 3.8) is 0 Å². The highest BCUT2D eigenvalue weighted by Crippen LogP contribution is 2.33. The number of halogens is 3. The number of benzene rings is 2.